The van der Waals surface area contributed by atoms with Gasteiger partial charge in [0.05, 0.1) is 7.11 Å². The standard InChI is InChI=1S/C55H76N4O6.Mg/c1-13-39-34(7)41-29-46-48(38(11)60)36(9)43(57-46)27-42-35(8)40(52(58-42)50-51(55(63)64-12)54(62)49-37(10)44(59-53(49)50)28-45(39)56-41)23-24-47(61)65-26-25-33(6)22-16-21-32(5)20-15-19-31(4)18-14-17-30(2)3;/h25,27-32,35,39-40,42,51-52,62H,13-24,26H2,1-12H3;/q-4;+2/b33-25+,43-27-,45-28-,46-29-;/t31-,32-,35+,39-,40+,42+,51-,52?;/m1./s1. The molecule has 1 N–H and O–H groups in total. The van der Waals surface area contributed by atoms with Gasteiger partial charge in [-0.2, -0.15) is 5.70 Å². The fraction of sp³-hybridized carbons (Fsp3) is 0.618. The number of Topliss-reactive ketones (excluding diaryl/α,β-unsaturated/α-hetero) is 1. The molecule has 4 aliphatic rings. The molecule has 1 unspecified atom stereocenters. The Labute approximate surface area is 410 Å². The van der Waals surface area contributed by atoms with Crippen molar-refractivity contribution in [3.8, 4) is 0 Å². The molecule has 2 aromatic rings. The number of aliphatic hydroxyl groups is 1. The van der Waals surface area contributed by atoms with Gasteiger partial charge in [-0.05, 0) is 90.0 Å². The van der Waals surface area contributed by atoms with Gasteiger partial charge in [0, 0.05) is 17.2 Å². The third-order valence-corrected chi connectivity index (χ3v) is 15.0. The van der Waals surface area contributed by atoms with E-state index < -0.39 is 17.9 Å². The number of carbonyl (C=O) groups is 3. The van der Waals surface area contributed by atoms with Gasteiger partial charge in [0.15, 0.2) is 5.78 Å². The first-order chi connectivity index (χ1) is 30.9. The van der Waals surface area contributed by atoms with Gasteiger partial charge < -0.3 is 35.2 Å². The van der Waals surface area contributed by atoms with Crippen molar-refractivity contribution in [2.24, 2.45) is 41.4 Å². The molecule has 10 nitrogen and oxygen atoms in total. The van der Waals surface area contributed by atoms with Gasteiger partial charge in [0.1, 0.15) is 18.3 Å². The molecule has 3 aliphatic heterocycles. The summed E-state index contributed by atoms with van der Waals surface area (Å²) in [6, 6.07) is -0.965. The minimum atomic E-state index is -1.09. The molecule has 8 atom stereocenters. The fourth-order valence-electron chi connectivity index (χ4n) is 10.9. The van der Waals surface area contributed by atoms with Crippen LogP contribution in [0.15, 0.2) is 28.6 Å². The number of methoxy groups -OCH3 is 1. The van der Waals surface area contributed by atoms with E-state index in [2.05, 4.69) is 55.4 Å². The Kier molecular flexibility index (Phi) is 18.9. The van der Waals surface area contributed by atoms with Gasteiger partial charge in [-0.1, -0.05) is 138 Å². The number of nitrogens with zero attached hydrogens (tertiary/aromatic N) is 4. The molecule has 8 bridgehead atoms. The predicted molar refractivity (Wildman–Crippen MR) is 267 cm³/mol. The molecular formula is C55H76MgN4O6-2. The summed E-state index contributed by atoms with van der Waals surface area (Å²) >= 11 is 0. The summed E-state index contributed by atoms with van der Waals surface area (Å²) in [5.41, 5.74) is 7.24. The molecule has 0 saturated carbocycles. The van der Waals surface area contributed by atoms with Crippen LogP contribution >= 0.6 is 0 Å². The van der Waals surface area contributed by atoms with Crippen LogP contribution in [0.5, 0.6) is 0 Å². The second-order valence-electron chi connectivity index (χ2n) is 20.3. The van der Waals surface area contributed by atoms with E-state index in [1.54, 1.807) is 6.92 Å². The first-order valence-electron chi connectivity index (χ1n) is 24.7. The van der Waals surface area contributed by atoms with Crippen molar-refractivity contribution < 1.29 is 29.0 Å². The maximum absolute atomic E-state index is 13.7. The minimum absolute atomic E-state index is 0. The minimum Gasteiger partial charge on any atom is -0.661 e. The molecule has 0 spiro atoms. The van der Waals surface area contributed by atoms with Gasteiger partial charge in [-0.25, -0.2) is 0 Å². The number of ether oxygens (including phenoxy) is 2. The van der Waals surface area contributed by atoms with E-state index in [-0.39, 0.29) is 77.4 Å². The van der Waals surface area contributed by atoms with E-state index in [1.807, 2.05) is 38.2 Å². The second-order valence-corrected chi connectivity index (χ2v) is 20.3. The Morgan fingerprint density at radius 1 is 0.879 bits per heavy atom. The number of rotatable bonds is 20. The first-order valence-corrected chi connectivity index (χ1v) is 24.7. The van der Waals surface area contributed by atoms with E-state index in [0.717, 1.165) is 59.2 Å². The van der Waals surface area contributed by atoms with E-state index in [0.29, 0.717) is 50.4 Å². The Bertz CT molecular complexity index is 2450. The quantitative estimate of drug-likeness (QED) is 0.0600. The number of hydrogen-bond acceptors (Lipinski definition) is 6. The number of ketones is 1. The number of allylic oxidation sites excluding steroid dienone is 3. The summed E-state index contributed by atoms with van der Waals surface area (Å²) < 4.78 is 11.1. The van der Waals surface area contributed by atoms with E-state index in [1.165, 1.54) is 57.6 Å². The zero-order chi connectivity index (χ0) is 47.3. The number of fused-ring (bicyclic) bond motifs is 8. The summed E-state index contributed by atoms with van der Waals surface area (Å²) in [7, 11) is 1.32. The Morgan fingerprint density at radius 3 is 2.18 bits per heavy atom. The summed E-state index contributed by atoms with van der Waals surface area (Å²) in [6.45, 7) is 23.4. The molecular weight excluding hydrogens is 837 g/mol. The van der Waals surface area contributed by atoms with E-state index in [4.69, 9.17) is 30.1 Å². The molecule has 2 aromatic heterocycles. The topological polar surface area (TPSA) is 146 Å². The maximum atomic E-state index is 13.7. The molecule has 356 valence electrons. The van der Waals surface area contributed by atoms with Crippen LogP contribution in [-0.4, -0.2) is 71.7 Å². The monoisotopic (exact) mass is 913 g/mol. The molecule has 5 heterocycles. The van der Waals surface area contributed by atoms with Crippen LogP contribution in [0.3, 0.4) is 0 Å². The zero-order valence-corrected chi connectivity index (χ0v) is 43.6. The predicted octanol–water partition coefficient (Wildman–Crippen LogP) is 9.05. The Hall–Kier alpha value is -3.80. The molecule has 1 aliphatic carbocycles. The normalized spacial score (nSPS) is 25.0. The molecule has 1 saturated heterocycles. The van der Waals surface area contributed by atoms with Crippen LogP contribution in [-0.2, 0) is 19.1 Å². The number of carbonyl (C=O) groups excluding carboxylic acids is 3. The SMILES string of the molecule is CC[C@@H]1C(C)=C2/C=c3\[n-]/c(c(C)c3C(C)=O)=C\[C@@H]3[N-]C(C4=c5[n-]c(c(C)c5=C(O)[C@@H]4C(=O)OC)/C=C/1[N-]2)[C@@H](CCC(=O)OC/C=C(\C)CCC[C@H](C)CCC[C@H](C)CCCC(C)C)[C@@H]3C.[Mg+2]. The molecule has 0 radical (unpaired) electrons. The molecule has 66 heavy (non-hydrogen) atoms. The van der Waals surface area contributed by atoms with Crippen molar-refractivity contribution >= 4 is 70.3 Å². The molecule has 0 amide bonds. The van der Waals surface area contributed by atoms with E-state index in [9.17, 15) is 19.5 Å². The van der Waals surface area contributed by atoms with Crippen molar-refractivity contribution in [3.05, 3.63) is 82.9 Å². The zero-order valence-electron chi connectivity index (χ0n) is 42.2. The number of aliphatic hydroxyl groups excluding tert-OH is 1. The van der Waals surface area contributed by atoms with Crippen LogP contribution < -0.4 is 31.2 Å². The van der Waals surface area contributed by atoms with Crippen molar-refractivity contribution in [1.29, 1.82) is 0 Å². The van der Waals surface area contributed by atoms with Crippen molar-refractivity contribution in [3.63, 3.8) is 0 Å². The number of aromatic nitrogens is 2. The maximum Gasteiger partial charge on any atom is 2.00 e. The fourth-order valence-corrected chi connectivity index (χ4v) is 10.9. The third-order valence-electron chi connectivity index (χ3n) is 15.0. The van der Waals surface area contributed by atoms with Crippen LogP contribution in [0.4, 0.5) is 0 Å². The molecule has 6 rings (SSSR count). The summed E-state index contributed by atoms with van der Waals surface area (Å²) in [5.74, 6) is -0.123. The van der Waals surface area contributed by atoms with Gasteiger partial charge in [-0.3, -0.25) is 14.4 Å². The van der Waals surface area contributed by atoms with Crippen molar-refractivity contribution in [1.82, 2.24) is 9.97 Å². The van der Waals surface area contributed by atoms with Gasteiger partial charge in [0.25, 0.3) is 0 Å². The van der Waals surface area contributed by atoms with Crippen LogP contribution in [0.2, 0.25) is 0 Å². The van der Waals surface area contributed by atoms with Crippen molar-refractivity contribution in [2.75, 3.05) is 13.7 Å². The molecule has 11 heteroatoms. The first kappa shape index (κ1) is 53.2. The molecule has 0 aromatic carbocycles. The smallest absolute Gasteiger partial charge is 0.661 e. The summed E-state index contributed by atoms with van der Waals surface area (Å²) in [5, 5.41) is 24.7. The Balaban J connectivity index is 0.00000817. The molecule has 1 fully saturated rings. The Morgan fingerprint density at radius 2 is 1.55 bits per heavy atom. The number of esters is 2. The van der Waals surface area contributed by atoms with Gasteiger partial charge >= 0.3 is 35.0 Å². The third kappa shape index (κ3) is 11.9. The average Bonchev–Trinajstić information content (AvgIpc) is 4.00. The van der Waals surface area contributed by atoms with Gasteiger partial charge in [0.2, 0.25) is 0 Å². The largest absolute Gasteiger partial charge is 2.00 e. The van der Waals surface area contributed by atoms with Crippen LogP contribution in [0.25, 0.3) is 40.2 Å². The van der Waals surface area contributed by atoms with Crippen LogP contribution in [0.1, 0.15) is 167 Å². The second kappa shape index (κ2) is 23.5. The van der Waals surface area contributed by atoms with Crippen LogP contribution in [0, 0.1) is 55.3 Å². The van der Waals surface area contributed by atoms with Crippen molar-refractivity contribution in [2.45, 2.75) is 165 Å². The average molecular weight is 914 g/mol. The number of hydrogen-bond donors (Lipinski definition) is 1. The summed E-state index contributed by atoms with van der Waals surface area (Å²) in [4.78, 5) is 50.5. The van der Waals surface area contributed by atoms with Gasteiger partial charge in [-0.15, -0.1) is 45.6 Å². The van der Waals surface area contributed by atoms with E-state index >= 15 is 0 Å². The summed E-state index contributed by atoms with van der Waals surface area (Å²) in [6.07, 6.45) is 20.6.